The smallest absolute Gasteiger partial charge is 0.276 e. The molecular formula is C15H22F2N4O3S. The predicted molar refractivity (Wildman–Crippen MR) is 84.2 cm³/mol. The Morgan fingerprint density at radius 2 is 1.80 bits per heavy atom. The standard InChI is InChI=1S/C15H22F2N4O3S/c16-15(17)11(14(15)6-8-21(9-7-14)25(18,22)23)13-19-12(20-24-13)10-4-2-1-3-5-10/h10-11H,1-9H2,(H2,18,22,23)/t11-/m0/s1. The maximum Gasteiger partial charge on any atom is 0.276 e. The average molecular weight is 376 g/mol. The topological polar surface area (TPSA) is 102 Å². The lowest BCUT2D eigenvalue weighted by Crippen LogP contribution is -2.43. The number of aromatic nitrogens is 2. The van der Waals surface area contributed by atoms with E-state index in [9.17, 15) is 17.2 Å². The molecule has 25 heavy (non-hydrogen) atoms. The van der Waals surface area contributed by atoms with Crippen molar-refractivity contribution in [3.63, 3.8) is 0 Å². The number of nitrogens with zero attached hydrogens (tertiary/aromatic N) is 3. The summed E-state index contributed by atoms with van der Waals surface area (Å²) < 4.78 is 58.2. The molecule has 0 unspecified atom stereocenters. The van der Waals surface area contributed by atoms with Crippen molar-refractivity contribution in [1.29, 1.82) is 0 Å². The summed E-state index contributed by atoms with van der Waals surface area (Å²) in [6.07, 6.45) is 5.40. The van der Waals surface area contributed by atoms with Crippen LogP contribution >= 0.6 is 0 Å². The third kappa shape index (κ3) is 2.69. The van der Waals surface area contributed by atoms with Crippen molar-refractivity contribution in [1.82, 2.24) is 14.4 Å². The molecule has 3 fully saturated rings. The van der Waals surface area contributed by atoms with Crippen LogP contribution in [0.25, 0.3) is 0 Å². The fraction of sp³-hybridized carbons (Fsp3) is 0.867. The lowest BCUT2D eigenvalue weighted by atomic mass is 9.89. The SMILES string of the molecule is NS(=O)(=O)N1CCC2(CC1)[C@H](c1nc(C3CCCCC3)no1)C2(F)F. The van der Waals surface area contributed by atoms with Gasteiger partial charge in [-0.2, -0.15) is 17.7 Å². The minimum atomic E-state index is -3.84. The van der Waals surface area contributed by atoms with Gasteiger partial charge in [-0.15, -0.1) is 0 Å². The van der Waals surface area contributed by atoms with Gasteiger partial charge in [-0.1, -0.05) is 24.4 Å². The Bertz CT molecular complexity index is 753. The first-order valence-electron chi connectivity index (χ1n) is 8.75. The Kier molecular flexibility index (Phi) is 3.93. The Morgan fingerprint density at radius 3 is 2.40 bits per heavy atom. The van der Waals surface area contributed by atoms with E-state index in [-0.39, 0.29) is 37.7 Å². The highest BCUT2D eigenvalue weighted by Crippen LogP contribution is 2.75. The van der Waals surface area contributed by atoms with E-state index >= 15 is 0 Å². The van der Waals surface area contributed by atoms with Crippen molar-refractivity contribution in [3.05, 3.63) is 11.7 Å². The number of rotatable bonds is 3. The van der Waals surface area contributed by atoms with Crippen molar-refractivity contribution in [2.75, 3.05) is 13.1 Å². The Morgan fingerprint density at radius 1 is 1.16 bits per heavy atom. The number of piperidine rings is 1. The van der Waals surface area contributed by atoms with Crippen LogP contribution in [-0.2, 0) is 10.2 Å². The van der Waals surface area contributed by atoms with Crippen molar-refractivity contribution in [2.45, 2.75) is 62.7 Å². The molecule has 2 saturated carbocycles. The largest absolute Gasteiger partial charge is 0.339 e. The summed E-state index contributed by atoms with van der Waals surface area (Å²) in [4.78, 5) is 4.29. The van der Waals surface area contributed by atoms with Gasteiger partial charge in [-0.3, -0.25) is 0 Å². The van der Waals surface area contributed by atoms with Crippen molar-refractivity contribution in [3.8, 4) is 0 Å². The first-order valence-corrected chi connectivity index (χ1v) is 10.3. The number of hydrogen-bond donors (Lipinski definition) is 1. The fourth-order valence-electron chi connectivity index (χ4n) is 4.55. The van der Waals surface area contributed by atoms with E-state index in [1.807, 2.05) is 0 Å². The first-order chi connectivity index (χ1) is 11.8. The maximum absolute atomic E-state index is 14.6. The molecule has 3 aliphatic rings. The van der Waals surface area contributed by atoms with Crippen LogP contribution in [0.5, 0.6) is 0 Å². The number of alkyl halides is 2. The molecule has 1 spiro atoms. The van der Waals surface area contributed by atoms with Gasteiger partial charge in [0.05, 0.1) is 5.41 Å². The molecule has 1 saturated heterocycles. The Balaban J connectivity index is 1.51. The molecule has 2 heterocycles. The van der Waals surface area contributed by atoms with Crippen molar-refractivity contribution < 1.29 is 21.7 Å². The van der Waals surface area contributed by atoms with E-state index < -0.39 is 27.5 Å². The highest BCUT2D eigenvalue weighted by atomic mass is 32.2. The van der Waals surface area contributed by atoms with Gasteiger partial charge in [0.25, 0.3) is 16.1 Å². The van der Waals surface area contributed by atoms with Crippen molar-refractivity contribution in [2.24, 2.45) is 10.6 Å². The summed E-state index contributed by atoms with van der Waals surface area (Å²) in [5.41, 5.74) is -1.29. The minimum Gasteiger partial charge on any atom is -0.339 e. The zero-order chi connectivity index (χ0) is 17.9. The van der Waals surface area contributed by atoms with Gasteiger partial charge in [0.1, 0.15) is 5.92 Å². The van der Waals surface area contributed by atoms with Gasteiger partial charge < -0.3 is 4.52 Å². The third-order valence-corrected chi connectivity index (χ3v) is 7.23. The minimum absolute atomic E-state index is 0.00497. The third-order valence-electron chi connectivity index (χ3n) is 6.14. The molecule has 0 radical (unpaired) electrons. The lowest BCUT2D eigenvalue weighted by Gasteiger charge is -2.30. The number of hydrogen-bond acceptors (Lipinski definition) is 5. The zero-order valence-corrected chi connectivity index (χ0v) is 14.6. The summed E-state index contributed by atoms with van der Waals surface area (Å²) in [6.45, 7) is -0.0108. The molecule has 1 aliphatic heterocycles. The summed E-state index contributed by atoms with van der Waals surface area (Å²) in [7, 11) is -3.84. The van der Waals surface area contributed by atoms with E-state index in [4.69, 9.17) is 9.66 Å². The van der Waals surface area contributed by atoms with Crippen LogP contribution in [0.2, 0.25) is 0 Å². The monoisotopic (exact) mass is 376 g/mol. The van der Waals surface area contributed by atoms with Crippen LogP contribution in [0.4, 0.5) is 8.78 Å². The normalized spacial score (nSPS) is 29.8. The van der Waals surface area contributed by atoms with Gasteiger partial charge in [-0.05, 0) is 25.7 Å². The second kappa shape index (κ2) is 5.68. The molecular weight excluding hydrogens is 354 g/mol. The summed E-state index contributed by atoms with van der Waals surface area (Å²) in [5.74, 6) is -3.34. The molecule has 4 rings (SSSR count). The molecule has 1 aromatic rings. The molecule has 7 nitrogen and oxygen atoms in total. The Labute approximate surface area is 145 Å². The van der Waals surface area contributed by atoms with E-state index in [0.717, 1.165) is 30.0 Å². The van der Waals surface area contributed by atoms with Crippen LogP contribution < -0.4 is 5.14 Å². The molecule has 0 amide bonds. The van der Waals surface area contributed by atoms with Crippen molar-refractivity contribution >= 4 is 10.2 Å². The summed E-state index contributed by atoms with van der Waals surface area (Å²) in [5, 5.41) is 9.04. The van der Waals surface area contributed by atoms with E-state index in [1.54, 1.807) is 0 Å². The van der Waals surface area contributed by atoms with E-state index in [2.05, 4.69) is 10.1 Å². The average Bonchev–Trinajstić information content (AvgIpc) is 2.91. The Hall–Kier alpha value is -1.13. The van der Waals surface area contributed by atoms with Gasteiger partial charge in [0.15, 0.2) is 5.82 Å². The van der Waals surface area contributed by atoms with Crippen LogP contribution in [-0.4, -0.2) is 41.9 Å². The molecule has 1 atom stereocenters. The molecule has 10 heteroatoms. The quantitative estimate of drug-likeness (QED) is 0.871. The highest BCUT2D eigenvalue weighted by molar-refractivity contribution is 7.86. The molecule has 2 aliphatic carbocycles. The second-order valence-electron chi connectivity index (χ2n) is 7.48. The molecule has 0 bridgehead atoms. The number of nitrogens with two attached hydrogens (primary N) is 1. The highest BCUT2D eigenvalue weighted by Gasteiger charge is 2.82. The summed E-state index contributed by atoms with van der Waals surface area (Å²) >= 11 is 0. The lowest BCUT2D eigenvalue weighted by molar-refractivity contribution is 0.0406. The first kappa shape index (κ1) is 17.3. The molecule has 1 aromatic heterocycles. The maximum atomic E-state index is 14.6. The van der Waals surface area contributed by atoms with E-state index in [1.165, 1.54) is 6.42 Å². The van der Waals surface area contributed by atoms with Crippen LogP contribution in [0, 0.1) is 5.41 Å². The van der Waals surface area contributed by atoms with E-state index in [0.29, 0.717) is 5.82 Å². The predicted octanol–water partition coefficient (Wildman–Crippen LogP) is 2.14. The molecule has 2 N–H and O–H groups in total. The van der Waals surface area contributed by atoms with Gasteiger partial charge in [0, 0.05) is 19.0 Å². The van der Waals surface area contributed by atoms with Crippen LogP contribution in [0.15, 0.2) is 4.52 Å². The molecule has 0 aromatic carbocycles. The fourth-order valence-corrected chi connectivity index (χ4v) is 5.24. The second-order valence-corrected chi connectivity index (χ2v) is 9.03. The number of halogens is 2. The van der Waals surface area contributed by atoms with Crippen LogP contribution in [0.3, 0.4) is 0 Å². The van der Waals surface area contributed by atoms with Crippen LogP contribution in [0.1, 0.15) is 68.5 Å². The van der Waals surface area contributed by atoms with Gasteiger partial charge >= 0.3 is 0 Å². The van der Waals surface area contributed by atoms with Gasteiger partial charge in [0.2, 0.25) is 5.89 Å². The summed E-state index contributed by atoms with van der Waals surface area (Å²) in [6, 6.07) is 0. The zero-order valence-electron chi connectivity index (χ0n) is 13.8. The molecule has 140 valence electrons. The van der Waals surface area contributed by atoms with Gasteiger partial charge in [-0.25, -0.2) is 13.9 Å².